The fourth-order valence-corrected chi connectivity index (χ4v) is 3.68. The second-order valence-corrected chi connectivity index (χ2v) is 7.13. The highest BCUT2D eigenvalue weighted by molar-refractivity contribution is 6.44. The Balaban J connectivity index is 1.70. The first-order valence-corrected chi connectivity index (χ1v) is 8.54. The number of hydrogen-bond donors (Lipinski definition) is 2. The molecule has 0 bridgehead atoms. The van der Waals surface area contributed by atoms with Crippen LogP contribution >= 0.6 is 34.8 Å². The lowest BCUT2D eigenvalue weighted by Gasteiger charge is -2.19. The number of amides is 4. The lowest BCUT2D eigenvalue weighted by molar-refractivity contribution is -0.133. The Morgan fingerprint density at radius 3 is 2.42 bits per heavy atom. The summed E-state index contributed by atoms with van der Waals surface area (Å²) in [6.45, 7) is -0.386. The van der Waals surface area contributed by atoms with E-state index in [4.69, 9.17) is 34.8 Å². The molecule has 0 radical (unpaired) electrons. The quantitative estimate of drug-likeness (QED) is 0.613. The first kappa shape index (κ1) is 17.3. The Morgan fingerprint density at radius 2 is 1.75 bits per heavy atom. The van der Waals surface area contributed by atoms with Crippen LogP contribution in [0, 0.1) is 0 Å². The third-order valence-corrected chi connectivity index (χ3v) is 5.32. The second kappa shape index (κ2) is 6.43. The zero-order valence-electron chi connectivity index (χ0n) is 12.5. The van der Waals surface area contributed by atoms with E-state index >= 15 is 0 Å². The summed E-state index contributed by atoms with van der Waals surface area (Å²) in [4.78, 5) is 37.7. The first-order valence-electron chi connectivity index (χ1n) is 7.41. The van der Waals surface area contributed by atoms with E-state index in [1.165, 1.54) is 12.1 Å². The molecule has 1 aliphatic carbocycles. The summed E-state index contributed by atoms with van der Waals surface area (Å²) >= 11 is 17.7. The number of carbonyl (C=O) groups is 3. The van der Waals surface area contributed by atoms with Crippen LogP contribution in [0.15, 0.2) is 12.1 Å². The van der Waals surface area contributed by atoms with E-state index in [-0.39, 0.29) is 33.2 Å². The van der Waals surface area contributed by atoms with E-state index in [2.05, 4.69) is 10.6 Å². The molecule has 2 N–H and O–H groups in total. The van der Waals surface area contributed by atoms with E-state index in [0.29, 0.717) is 12.8 Å². The predicted molar refractivity (Wildman–Crippen MR) is 91.5 cm³/mol. The minimum atomic E-state index is -0.835. The Kier molecular flexibility index (Phi) is 4.64. The molecule has 1 aliphatic heterocycles. The number of carbonyl (C=O) groups excluding carboxylic acids is 3. The molecule has 1 saturated heterocycles. The molecule has 3 rings (SSSR count). The van der Waals surface area contributed by atoms with Gasteiger partial charge in [-0.1, -0.05) is 47.6 Å². The van der Waals surface area contributed by atoms with Gasteiger partial charge in [0.05, 0.1) is 20.8 Å². The van der Waals surface area contributed by atoms with Crippen molar-refractivity contribution in [1.29, 1.82) is 0 Å². The van der Waals surface area contributed by atoms with Gasteiger partial charge in [-0.25, -0.2) is 4.79 Å². The maximum Gasteiger partial charge on any atom is 0.325 e. The van der Waals surface area contributed by atoms with Gasteiger partial charge in [0, 0.05) is 0 Å². The van der Waals surface area contributed by atoms with E-state index in [0.717, 1.165) is 17.7 Å². The van der Waals surface area contributed by atoms with Gasteiger partial charge in [0.1, 0.15) is 12.1 Å². The van der Waals surface area contributed by atoms with Gasteiger partial charge in [-0.15, -0.1) is 0 Å². The van der Waals surface area contributed by atoms with Crippen molar-refractivity contribution in [2.24, 2.45) is 0 Å². The molecule has 0 aromatic heterocycles. The van der Waals surface area contributed by atoms with Gasteiger partial charge >= 0.3 is 6.03 Å². The molecular weight excluding hydrogens is 377 g/mol. The van der Waals surface area contributed by atoms with Crippen molar-refractivity contribution in [2.75, 3.05) is 11.9 Å². The van der Waals surface area contributed by atoms with Crippen LogP contribution in [0.3, 0.4) is 0 Å². The number of hydrogen-bond acceptors (Lipinski definition) is 3. The standard InChI is InChI=1S/C15H14Cl3N3O3/c16-8-5-10(18)11(6-9(8)17)19-12(22)7-21-13(23)15(20-14(21)24)3-1-2-4-15/h5-6H,1-4,7H2,(H,19,22)(H,20,24). The summed E-state index contributed by atoms with van der Waals surface area (Å²) in [6.07, 6.45) is 2.97. The average molecular weight is 391 g/mol. The fourth-order valence-electron chi connectivity index (χ4n) is 3.09. The van der Waals surface area contributed by atoms with Gasteiger partial charge in [0.25, 0.3) is 5.91 Å². The number of benzene rings is 1. The summed E-state index contributed by atoms with van der Waals surface area (Å²) in [6, 6.07) is 2.27. The second-order valence-electron chi connectivity index (χ2n) is 5.91. The monoisotopic (exact) mass is 389 g/mol. The number of imide groups is 1. The Morgan fingerprint density at radius 1 is 1.12 bits per heavy atom. The number of nitrogens with zero attached hydrogens (tertiary/aromatic N) is 1. The van der Waals surface area contributed by atoms with E-state index in [1.54, 1.807) is 0 Å². The number of anilines is 1. The largest absolute Gasteiger partial charge is 0.325 e. The van der Waals surface area contributed by atoms with Crippen LogP contribution in [0.5, 0.6) is 0 Å². The molecule has 128 valence electrons. The van der Waals surface area contributed by atoms with Crippen molar-refractivity contribution >= 4 is 58.3 Å². The van der Waals surface area contributed by atoms with Crippen molar-refractivity contribution in [3.8, 4) is 0 Å². The highest BCUT2D eigenvalue weighted by Gasteiger charge is 2.52. The SMILES string of the molecule is O=C(CN1C(=O)NC2(CCCC2)C1=O)Nc1cc(Cl)c(Cl)cc1Cl. The van der Waals surface area contributed by atoms with Gasteiger partial charge in [-0.05, 0) is 25.0 Å². The first-order chi connectivity index (χ1) is 11.3. The third-order valence-electron chi connectivity index (χ3n) is 4.29. The molecule has 1 heterocycles. The molecule has 2 fully saturated rings. The highest BCUT2D eigenvalue weighted by atomic mass is 35.5. The lowest BCUT2D eigenvalue weighted by Crippen LogP contribution is -2.44. The van der Waals surface area contributed by atoms with E-state index in [9.17, 15) is 14.4 Å². The summed E-state index contributed by atoms with van der Waals surface area (Å²) in [5.41, 5.74) is -0.572. The topological polar surface area (TPSA) is 78.5 Å². The molecule has 1 aromatic rings. The number of rotatable bonds is 3. The fraction of sp³-hybridized carbons (Fsp3) is 0.400. The molecule has 0 unspecified atom stereocenters. The summed E-state index contributed by atoms with van der Waals surface area (Å²) in [5.74, 6) is -0.894. The number of nitrogens with one attached hydrogen (secondary N) is 2. The van der Waals surface area contributed by atoms with Crippen LogP contribution in [-0.4, -0.2) is 34.8 Å². The molecule has 1 saturated carbocycles. The summed E-state index contributed by atoms with van der Waals surface area (Å²) < 4.78 is 0. The Hall–Kier alpha value is -1.50. The van der Waals surface area contributed by atoms with Crippen molar-refractivity contribution in [3.63, 3.8) is 0 Å². The minimum absolute atomic E-state index is 0.210. The van der Waals surface area contributed by atoms with Gasteiger partial charge in [0.15, 0.2) is 0 Å². The minimum Gasteiger partial charge on any atom is -0.323 e. The Bertz CT molecular complexity index is 732. The Labute approximate surface area is 153 Å². The maximum absolute atomic E-state index is 12.5. The zero-order chi connectivity index (χ0) is 17.5. The molecule has 6 nitrogen and oxygen atoms in total. The molecule has 1 spiro atoms. The lowest BCUT2D eigenvalue weighted by atomic mass is 9.98. The van der Waals surface area contributed by atoms with Crippen LogP contribution in [0.2, 0.25) is 15.1 Å². The molecule has 2 aliphatic rings. The van der Waals surface area contributed by atoms with E-state index < -0.39 is 17.5 Å². The molecule has 24 heavy (non-hydrogen) atoms. The van der Waals surface area contributed by atoms with Crippen LogP contribution in [0.1, 0.15) is 25.7 Å². The molecule has 1 aromatic carbocycles. The normalized spacial score (nSPS) is 19.0. The highest BCUT2D eigenvalue weighted by Crippen LogP contribution is 2.35. The average Bonchev–Trinajstić information content (AvgIpc) is 3.06. The van der Waals surface area contributed by atoms with Crippen LogP contribution in [0.4, 0.5) is 10.5 Å². The van der Waals surface area contributed by atoms with Gasteiger partial charge in [-0.3, -0.25) is 14.5 Å². The van der Waals surface area contributed by atoms with Crippen molar-refractivity contribution in [2.45, 2.75) is 31.2 Å². The summed E-state index contributed by atoms with van der Waals surface area (Å²) in [7, 11) is 0. The molecule has 9 heteroatoms. The van der Waals surface area contributed by atoms with Crippen LogP contribution in [0.25, 0.3) is 0 Å². The van der Waals surface area contributed by atoms with Gasteiger partial charge < -0.3 is 10.6 Å². The zero-order valence-corrected chi connectivity index (χ0v) is 14.8. The predicted octanol–water partition coefficient (Wildman–Crippen LogP) is 3.45. The van der Waals surface area contributed by atoms with Crippen LogP contribution in [-0.2, 0) is 9.59 Å². The van der Waals surface area contributed by atoms with Gasteiger partial charge in [-0.2, -0.15) is 0 Å². The van der Waals surface area contributed by atoms with Crippen molar-refractivity contribution in [3.05, 3.63) is 27.2 Å². The molecular formula is C15H14Cl3N3O3. The van der Waals surface area contributed by atoms with Crippen LogP contribution < -0.4 is 10.6 Å². The number of urea groups is 1. The smallest absolute Gasteiger partial charge is 0.323 e. The van der Waals surface area contributed by atoms with Crippen molar-refractivity contribution < 1.29 is 14.4 Å². The van der Waals surface area contributed by atoms with Crippen molar-refractivity contribution in [1.82, 2.24) is 10.2 Å². The summed E-state index contributed by atoms with van der Waals surface area (Å²) in [5, 5.41) is 5.96. The molecule has 0 atom stereocenters. The van der Waals surface area contributed by atoms with Gasteiger partial charge in [0.2, 0.25) is 5.91 Å². The third kappa shape index (κ3) is 3.06. The number of halogens is 3. The van der Waals surface area contributed by atoms with E-state index in [1.807, 2.05) is 0 Å². The maximum atomic E-state index is 12.5. The molecule has 4 amide bonds.